The second kappa shape index (κ2) is 6.65. The number of carbonyl (C=O) groups excluding carboxylic acids is 2. The van der Waals surface area contributed by atoms with E-state index in [-0.39, 0.29) is 25.7 Å². The first-order chi connectivity index (χ1) is 9.69. The molecule has 0 saturated heterocycles. The Morgan fingerprint density at radius 3 is 2.90 bits per heavy atom. The highest BCUT2D eigenvalue weighted by Gasteiger charge is 2.14. The van der Waals surface area contributed by atoms with Crippen LogP contribution in [-0.2, 0) is 9.53 Å². The van der Waals surface area contributed by atoms with Gasteiger partial charge >= 0.3 is 6.09 Å². The summed E-state index contributed by atoms with van der Waals surface area (Å²) in [6.07, 6.45) is -0.365. The first-order valence-electron chi connectivity index (χ1n) is 6.29. The molecule has 0 aliphatic carbocycles. The van der Waals surface area contributed by atoms with Crippen LogP contribution in [0.3, 0.4) is 0 Å². The third-order valence-electron chi connectivity index (χ3n) is 2.55. The molecule has 2 rings (SSSR count). The number of hydrogen-bond donors (Lipinski definition) is 2. The Morgan fingerprint density at radius 2 is 2.10 bits per heavy atom. The third-order valence-corrected chi connectivity index (χ3v) is 2.55. The molecule has 0 saturated carbocycles. The topological polar surface area (TPSA) is 85.9 Å². The lowest BCUT2D eigenvalue weighted by atomic mass is 10.2. The van der Waals surface area contributed by atoms with Crippen molar-refractivity contribution in [2.45, 2.75) is 13.3 Å². The fourth-order valence-corrected chi connectivity index (χ4v) is 1.66. The molecule has 0 bridgehead atoms. The van der Waals surface area contributed by atoms with Gasteiger partial charge in [-0.1, -0.05) is 0 Å². The van der Waals surface area contributed by atoms with Gasteiger partial charge in [-0.2, -0.15) is 0 Å². The highest BCUT2D eigenvalue weighted by molar-refractivity contribution is 5.91. The van der Waals surface area contributed by atoms with E-state index in [9.17, 15) is 9.59 Å². The van der Waals surface area contributed by atoms with Crippen LogP contribution in [0.5, 0.6) is 11.5 Å². The quantitative estimate of drug-likeness (QED) is 0.853. The van der Waals surface area contributed by atoms with Crippen LogP contribution in [0, 0.1) is 0 Å². The van der Waals surface area contributed by atoms with Crippen LogP contribution in [0.2, 0.25) is 0 Å². The fourth-order valence-electron chi connectivity index (χ4n) is 1.66. The van der Waals surface area contributed by atoms with Crippen molar-refractivity contribution in [3.05, 3.63) is 18.2 Å². The molecule has 0 unspecified atom stereocenters. The number of hydrogen-bond acceptors (Lipinski definition) is 5. The number of nitrogens with one attached hydrogen (secondary N) is 2. The van der Waals surface area contributed by atoms with Gasteiger partial charge in [0.15, 0.2) is 11.5 Å². The van der Waals surface area contributed by atoms with Crippen molar-refractivity contribution in [1.82, 2.24) is 5.32 Å². The molecule has 1 aliphatic heterocycles. The van der Waals surface area contributed by atoms with Crippen molar-refractivity contribution in [3.8, 4) is 11.5 Å². The molecule has 1 heterocycles. The van der Waals surface area contributed by atoms with Gasteiger partial charge < -0.3 is 24.8 Å². The van der Waals surface area contributed by atoms with Crippen molar-refractivity contribution in [1.29, 1.82) is 0 Å². The summed E-state index contributed by atoms with van der Waals surface area (Å²) in [4.78, 5) is 22.7. The van der Waals surface area contributed by atoms with Crippen LogP contribution >= 0.6 is 0 Å². The van der Waals surface area contributed by atoms with E-state index in [1.54, 1.807) is 25.1 Å². The Morgan fingerprint density at radius 1 is 1.30 bits per heavy atom. The summed E-state index contributed by atoms with van der Waals surface area (Å²) in [6.45, 7) is 2.42. The number of anilines is 1. The van der Waals surface area contributed by atoms with Gasteiger partial charge in [-0.15, -0.1) is 0 Å². The number of amides is 2. The summed E-state index contributed by atoms with van der Waals surface area (Å²) >= 11 is 0. The van der Waals surface area contributed by atoms with Gasteiger partial charge in [-0.3, -0.25) is 4.79 Å². The number of benzene rings is 1. The van der Waals surface area contributed by atoms with E-state index >= 15 is 0 Å². The summed E-state index contributed by atoms with van der Waals surface area (Å²) in [5.41, 5.74) is 0.621. The van der Waals surface area contributed by atoms with Crippen molar-refractivity contribution < 1.29 is 23.8 Å². The second-order valence-corrected chi connectivity index (χ2v) is 4.01. The van der Waals surface area contributed by atoms with Gasteiger partial charge in [-0.05, 0) is 19.1 Å². The molecule has 20 heavy (non-hydrogen) atoms. The van der Waals surface area contributed by atoms with Gasteiger partial charge in [0.1, 0.15) is 0 Å². The molecular weight excluding hydrogens is 264 g/mol. The Hall–Kier alpha value is -2.44. The second-order valence-electron chi connectivity index (χ2n) is 4.01. The van der Waals surface area contributed by atoms with Crippen LogP contribution in [-0.4, -0.2) is 31.9 Å². The molecule has 0 spiro atoms. The van der Waals surface area contributed by atoms with E-state index in [0.717, 1.165) is 0 Å². The number of ether oxygens (including phenoxy) is 3. The van der Waals surface area contributed by atoms with E-state index in [0.29, 0.717) is 23.8 Å². The fraction of sp³-hybridized carbons (Fsp3) is 0.385. The maximum atomic E-state index is 11.7. The van der Waals surface area contributed by atoms with E-state index in [2.05, 4.69) is 15.4 Å². The van der Waals surface area contributed by atoms with Crippen LogP contribution in [0.25, 0.3) is 0 Å². The molecule has 0 aromatic heterocycles. The van der Waals surface area contributed by atoms with Gasteiger partial charge in [0.25, 0.3) is 0 Å². The summed E-state index contributed by atoms with van der Waals surface area (Å²) in [7, 11) is 0. The lowest BCUT2D eigenvalue weighted by molar-refractivity contribution is -0.116. The Labute approximate surface area is 116 Å². The third kappa shape index (κ3) is 3.78. The van der Waals surface area contributed by atoms with Crippen molar-refractivity contribution in [3.63, 3.8) is 0 Å². The standard InChI is InChI=1S/C13H16N2O5/c1-2-18-13(17)14-6-5-12(16)15-9-3-4-10-11(7-9)20-8-19-10/h3-4,7H,2,5-6,8H2,1H3,(H,14,17)(H,15,16). The molecule has 0 fully saturated rings. The SMILES string of the molecule is CCOC(=O)NCCC(=O)Nc1ccc2c(c1)OCO2. The first kappa shape index (κ1) is 14.0. The molecule has 2 amide bonds. The summed E-state index contributed by atoms with van der Waals surface area (Å²) in [5.74, 6) is 1.06. The van der Waals surface area contributed by atoms with Crippen LogP contribution in [0.15, 0.2) is 18.2 Å². The molecule has 0 radical (unpaired) electrons. The van der Waals surface area contributed by atoms with E-state index in [1.807, 2.05) is 0 Å². The van der Waals surface area contributed by atoms with Crippen LogP contribution in [0.4, 0.5) is 10.5 Å². The Bertz CT molecular complexity index is 504. The van der Waals surface area contributed by atoms with Gasteiger partial charge in [0.05, 0.1) is 6.61 Å². The molecule has 1 aromatic carbocycles. The van der Waals surface area contributed by atoms with Crippen molar-refractivity contribution in [2.24, 2.45) is 0 Å². The average molecular weight is 280 g/mol. The van der Waals surface area contributed by atoms with E-state index < -0.39 is 6.09 Å². The predicted molar refractivity (Wildman–Crippen MR) is 70.8 cm³/mol. The summed E-state index contributed by atoms with van der Waals surface area (Å²) in [5, 5.41) is 5.19. The lowest BCUT2D eigenvalue weighted by Gasteiger charge is -2.07. The van der Waals surface area contributed by atoms with Crippen LogP contribution in [0.1, 0.15) is 13.3 Å². The predicted octanol–water partition coefficient (Wildman–Crippen LogP) is 1.49. The normalized spacial score (nSPS) is 11.8. The van der Waals surface area contributed by atoms with Gasteiger partial charge in [-0.25, -0.2) is 4.79 Å². The maximum absolute atomic E-state index is 11.7. The number of alkyl carbamates (subject to hydrolysis) is 1. The minimum absolute atomic E-state index is 0.160. The first-order valence-corrected chi connectivity index (χ1v) is 6.29. The summed E-state index contributed by atoms with van der Waals surface area (Å²) < 4.78 is 15.1. The minimum atomic E-state index is -0.525. The monoisotopic (exact) mass is 280 g/mol. The maximum Gasteiger partial charge on any atom is 0.407 e. The highest BCUT2D eigenvalue weighted by atomic mass is 16.7. The molecular formula is C13H16N2O5. The summed E-state index contributed by atoms with van der Waals surface area (Å²) in [6, 6.07) is 5.15. The molecule has 7 heteroatoms. The molecule has 2 N–H and O–H groups in total. The minimum Gasteiger partial charge on any atom is -0.454 e. The smallest absolute Gasteiger partial charge is 0.407 e. The lowest BCUT2D eigenvalue weighted by Crippen LogP contribution is -2.28. The Kier molecular flexibility index (Phi) is 4.65. The molecule has 1 aromatic rings. The van der Waals surface area contributed by atoms with Gasteiger partial charge in [0.2, 0.25) is 12.7 Å². The zero-order chi connectivity index (χ0) is 14.4. The molecule has 1 aliphatic rings. The highest BCUT2D eigenvalue weighted by Crippen LogP contribution is 2.34. The largest absolute Gasteiger partial charge is 0.454 e. The molecule has 0 atom stereocenters. The Balaban J connectivity index is 1.76. The number of fused-ring (bicyclic) bond motifs is 1. The molecule has 7 nitrogen and oxygen atoms in total. The number of rotatable bonds is 5. The number of carbonyl (C=O) groups is 2. The van der Waals surface area contributed by atoms with E-state index in [1.165, 1.54) is 0 Å². The van der Waals surface area contributed by atoms with E-state index in [4.69, 9.17) is 9.47 Å². The zero-order valence-corrected chi connectivity index (χ0v) is 11.1. The van der Waals surface area contributed by atoms with Gasteiger partial charge in [0, 0.05) is 24.7 Å². The average Bonchev–Trinajstić information content (AvgIpc) is 2.86. The molecule has 108 valence electrons. The zero-order valence-electron chi connectivity index (χ0n) is 11.1. The van der Waals surface area contributed by atoms with Crippen molar-refractivity contribution >= 4 is 17.7 Å². The van der Waals surface area contributed by atoms with Crippen molar-refractivity contribution in [2.75, 3.05) is 25.3 Å². The van der Waals surface area contributed by atoms with Crippen LogP contribution < -0.4 is 20.1 Å².